The number of likely N-dealkylation sites (tertiary alicyclic amines) is 1. The van der Waals surface area contributed by atoms with Gasteiger partial charge in [0, 0.05) is 44.4 Å². The molecule has 1 saturated heterocycles. The van der Waals surface area contributed by atoms with Crippen LogP contribution in [0.2, 0.25) is 0 Å². The fourth-order valence-corrected chi connectivity index (χ4v) is 4.93. The van der Waals surface area contributed by atoms with E-state index in [0.717, 1.165) is 35.1 Å². The number of fused-ring (bicyclic) bond motifs is 1. The van der Waals surface area contributed by atoms with E-state index in [2.05, 4.69) is 30.3 Å². The van der Waals surface area contributed by atoms with Gasteiger partial charge in [-0.25, -0.2) is 13.9 Å². The molecule has 0 radical (unpaired) electrons. The molecule has 1 aromatic carbocycles. The fourth-order valence-electron chi connectivity index (χ4n) is 4.93. The minimum absolute atomic E-state index is 0.185. The first-order valence-electron chi connectivity index (χ1n) is 13.3. The van der Waals surface area contributed by atoms with E-state index in [9.17, 15) is 9.50 Å². The van der Waals surface area contributed by atoms with Crippen molar-refractivity contribution < 1.29 is 14.2 Å². The van der Waals surface area contributed by atoms with Crippen LogP contribution in [0.5, 0.6) is 5.75 Å². The normalized spacial score (nSPS) is 17.7. The number of piperidine rings is 1. The van der Waals surface area contributed by atoms with Crippen LogP contribution in [0.4, 0.5) is 15.9 Å². The highest BCUT2D eigenvalue weighted by Gasteiger charge is 2.28. The van der Waals surface area contributed by atoms with Crippen LogP contribution in [-0.2, 0) is 6.54 Å². The van der Waals surface area contributed by atoms with Crippen LogP contribution in [0.3, 0.4) is 0 Å². The van der Waals surface area contributed by atoms with E-state index >= 15 is 0 Å². The number of hydrogen-bond acceptors (Lipinski definition) is 9. The highest BCUT2D eigenvalue weighted by Crippen LogP contribution is 2.28. The number of aliphatic hydroxyl groups is 1. The molecule has 5 aromatic rings. The molecule has 0 aliphatic carbocycles. The molecule has 0 amide bonds. The molecule has 2 N–H and O–H groups in total. The fraction of sp³-hybridized carbons (Fsp3) is 0.233. The Hall–Kier alpha value is -4.74. The number of hydrogen-bond donors (Lipinski definition) is 2. The quantitative estimate of drug-likeness (QED) is 0.276. The van der Waals surface area contributed by atoms with Crippen LogP contribution in [-0.4, -0.2) is 73.1 Å². The number of rotatable bonds is 8. The number of nitrogens with one attached hydrogen (secondary N) is 1. The Morgan fingerprint density at radius 2 is 2.02 bits per heavy atom. The number of pyridine rings is 2. The number of aromatic nitrogens is 5. The number of anilines is 2. The highest BCUT2D eigenvalue weighted by atomic mass is 19.1. The largest absolute Gasteiger partial charge is 0.497 e. The van der Waals surface area contributed by atoms with E-state index < -0.39 is 11.9 Å². The predicted octanol–water partition coefficient (Wildman–Crippen LogP) is 4.13. The molecule has 0 bridgehead atoms. The first-order valence-corrected chi connectivity index (χ1v) is 13.3. The van der Waals surface area contributed by atoms with Crippen LogP contribution >= 0.6 is 0 Å². The topological polar surface area (TPSA) is 113 Å². The van der Waals surface area contributed by atoms with E-state index in [1.54, 1.807) is 30.1 Å². The first kappa shape index (κ1) is 26.5. The Balaban J connectivity index is 1.23. The smallest absolute Gasteiger partial charge is 0.200 e. The Kier molecular flexibility index (Phi) is 7.61. The molecule has 1 fully saturated rings. The van der Waals surface area contributed by atoms with E-state index in [0.29, 0.717) is 36.8 Å². The summed E-state index contributed by atoms with van der Waals surface area (Å²) in [6, 6.07) is 16.5. The molecule has 11 heteroatoms. The van der Waals surface area contributed by atoms with Gasteiger partial charge in [-0.2, -0.15) is 0 Å². The lowest BCUT2D eigenvalue weighted by Gasteiger charge is -2.34. The highest BCUT2D eigenvalue weighted by molar-refractivity contribution is 5.80. The van der Waals surface area contributed by atoms with Crippen LogP contribution in [0.1, 0.15) is 17.5 Å². The molecule has 2 atom stereocenters. The summed E-state index contributed by atoms with van der Waals surface area (Å²) in [6.45, 7) is 1.78. The maximum Gasteiger partial charge on any atom is 0.200 e. The summed E-state index contributed by atoms with van der Waals surface area (Å²) in [7, 11) is 1.63. The van der Waals surface area contributed by atoms with Crippen molar-refractivity contribution in [2.45, 2.75) is 25.1 Å². The number of methoxy groups -OCH3 is 1. The third-order valence-corrected chi connectivity index (χ3v) is 7.07. The number of aliphatic imine (C=N–C) groups is 1. The van der Waals surface area contributed by atoms with Crippen LogP contribution in [0.25, 0.3) is 17.0 Å². The molecule has 0 saturated carbocycles. The first-order chi connectivity index (χ1) is 20.1. The van der Waals surface area contributed by atoms with Gasteiger partial charge in [0.2, 0.25) is 5.82 Å². The second-order valence-corrected chi connectivity index (χ2v) is 9.82. The van der Waals surface area contributed by atoms with Gasteiger partial charge < -0.3 is 15.2 Å². The summed E-state index contributed by atoms with van der Waals surface area (Å²) < 4.78 is 21.5. The third-order valence-electron chi connectivity index (χ3n) is 7.07. The minimum Gasteiger partial charge on any atom is -0.497 e. The van der Waals surface area contributed by atoms with Crippen molar-refractivity contribution in [3.63, 3.8) is 0 Å². The van der Waals surface area contributed by atoms with E-state index in [1.165, 1.54) is 6.20 Å². The predicted molar refractivity (Wildman–Crippen MR) is 154 cm³/mol. The van der Waals surface area contributed by atoms with Crippen molar-refractivity contribution in [3.05, 3.63) is 96.3 Å². The third kappa shape index (κ3) is 5.91. The van der Waals surface area contributed by atoms with Gasteiger partial charge in [0.1, 0.15) is 17.0 Å². The molecule has 10 nitrogen and oxygen atoms in total. The zero-order chi connectivity index (χ0) is 28.2. The van der Waals surface area contributed by atoms with Crippen LogP contribution in [0, 0.1) is 5.82 Å². The summed E-state index contributed by atoms with van der Waals surface area (Å²) in [6.07, 6.45) is 8.12. The monoisotopic (exact) mass is 552 g/mol. The van der Waals surface area contributed by atoms with Gasteiger partial charge in [0.25, 0.3) is 0 Å². The van der Waals surface area contributed by atoms with Crippen LogP contribution in [0.15, 0.2) is 84.4 Å². The Labute approximate surface area is 236 Å². The average Bonchev–Trinajstić information content (AvgIpc) is 3.41. The van der Waals surface area contributed by atoms with Crippen molar-refractivity contribution in [2.24, 2.45) is 4.99 Å². The van der Waals surface area contributed by atoms with Crippen LogP contribution < -0.4 is 10.1 Å². The van der Waals surface area contributed by atoms with Gasteiger partial charge in [-0.1, -0.05) is 6.07 Å². The molecular weight excluding hydrogens is 523 g/mol. The summed E-state index contributed by atoms with van der Waals surface area (Å²) in [5, 5.41) is 18.7. The molecule has 6 rings (SSSR count). The van der Waals surface area contributed by atoms with Gasteiger partial charge >= 0.3 is 0 Å². The SMILES string of the molecule is COc1ccc(C=N[C@H]2CCN(Cc3ccn4nc(-c5ccccn5)nc(Nc5ccncc5F)c34)C[C@@H]2O)cc1. The van der Waals surface area contributed by atoms with Gasteiger partial charge in [-0.15, -0.1) is 5.10 Å². The molecule has 1 aliphatic heterocycles. The maximum atomic E-state index is 14.5. The number of ether oxygens (including phenoxy) is 1. The average molecular weight is 553 g/mol. The summed E-state index contributed by atoms with van der Waals surface area (Å²) in [4.78, 5) is 19.8. The lowest BCUT2D eigenvalue weighted by atomic mass is 10.0. The van der Waals surface area contributed by atoms with Gasteiger partial charge in [-0.3, -0.25) is 19.9 Å². The maximum absolute atomic E-state index is 14.5. The summed E-state index contributed by atoms with van der Waals surface area (Å²) in [5.41, 5.74) is 3.47. The second kappa shape index (κ2) is 11.8. The molecule has 4 aromatic heterocycles. The zero-order valence-electron chi connectivity index (χ0n) is 22.4. The number of aliphatic hydroxyl groups excluding tert-OH is 1. The van der Waals surface area contributed by atoms with E-state index in [-0.39, 0.29) is 11.7 Å². The Morgan fingerprint density at radius 3 is 2.78 bits per heavy atom. The Morgan fingerprint density at radius 1 is 1.15 bits per heavy atom. The molecule has 208 valence electrons. The molecular formula is C30H29FN8O2. The lowest BCUT2D eigenvalue weighted by molar-refractivity contribution is 0.0511. The zero-order valence-corrected chi connectivity index (χ0v) is 22.4. The lowest BCUT2D eigenvalue weighted by Crippen LogP contribution is -2.45. The van der Waals surface area contributed by atoms with Crippen molar-refractivity contribution in [1.29, 1.82) is 0 Å². The molecule has 0 unspecified atom stereocenters. The molecule has 41 heavy (non-hydrogen) atoms. The Bertz CT molecular complexity index is 1660. The standard InChI is InChI=1S/C30H29FN8O2/c1-41-22-7-5-20(6-8-22)16-34-25-11-14-38(19-27(25)40)18-21-10-15-39-28(21)30(35-24-9-13-32-17-23(24)31)36-29(37-39)26-4-2-3-12-33-26/h2-10,12-13,15-17,25,27,40H,11,14,18-19H2,1H3,(H,32,35,36,37)/t25-,27-/m0/s1. The summed E-state index contributed by atoms with van der Waals surface area (Å²) in [5.74, 6) is 1.15. The number of benzene rings is 1. The minimum atomic E-state index is -0.609. The molecule has 5 heterocycles. The molecule has 0 spiro atoms. The van der Waals surface area contributed by atoms with Gasteiger partial charge in [0.15, 0.2) is 11.6 Å². The van der Waals surface area contributed by atoms with Crippen molar-refractivity contribution in [1.82, 2.24) is 29.5 Å². The van der Waals surface area contributed by atoms with Crippen molar-refractivity contribution in [3.8, 4) is 17.3 Å². The van der Waals surface area contributed by atoms with Crippen molar-refractivity contribution >= 4 is 23.2 Å². The number of nitrogens with zero attached hydrogens (tertiary/aromatic N) is 7. The number of halogens is 1. The van der Waals surface area contributed by atoms with E-state index in [4.69, 9.17) is 9.72 Å². The number of β-amino-alcohol motifs (C(OH)–C–C–N with tert-alkyl or cyclic N) is 1. The van der Waals surface area contributed by atoms with Crippen molar-refractivity contribution in [2.75, 3.05) is 25.5 Å². The summed E-state index contributed by atoms with van der Waals surface area (Å²) >= 11 is 0. The van der Waals surface area contributed by atoms with Gasteiger partial charge in [-0.05, 0) is 66.1 Å². The second-order valence-electron chi connectivity index (χ2n) is 9.82. The van der Waals surface area contributed by atoms with E-state index in [1.807, 2.05) is 54.7 Å². The molecule has 1 aliphatic rings. The van der Waals surface area contributed by atoms with Gasteiger partial charge in [0.05, 0.1) is 31.1 Å².